The maximum atomic E-state index is 6.38. The van der Waals surface area contributed by atoms with Crippen LogP contribution >= 0.6 is 0 Å². The smallest absolute Gasteiger partial charge is 0.0757 e. The number of morpholine rings is 1. The highest BCUT2D eigenvalue weighted by atomic mass is 16.5. The zero-order valence-electron chi connectivity index (χ0n) is 11.5. The van der Waals surface area contributed by atoms with E-state index in [4.69, 9.17) is 10.5 Å². The third-order valence-electron chi connectivity index (χ3n) is 3.59. The highest BCUT2D eigenvalue weighted by Gasteiger charge is 2.34. The molecule has 0 bridgehead atoms. The van der Waals surface area contributed by atoms with Gasteiger partial charge in [-0.15, -0.1) is 0 Å². The molecule has 1 aliphatic heterocycles. The maximum Gasteiger partial charge on any atom is 0.0757 e. The van der Waals surface area contributed by atoms with Gasteiger partial charge in [0.25, 0.3) is 0 Å². The van der Waals surface area contributed by atoms with Gasteiger partial charge in [0.05, 0.1) is 11.7 Å². The first-order valence-corrected chi connectivity index (χ1v) is 6.49. The van der Waals surface area contributed by atoms with E-state index in [0.717, 1.165) is 32.5 Å². The van der Waals surface area contributed by atoms with Crippen LogP contribution in [0.5, 0.6) is 0 Å². The third kappa shape index (κ3) is 3.72. The van der Waals surface area contributed by atoms with E-state index >= 15 is 0 Å². The van der Waals surface area contributed by atoms with Crippen LogP contribution in [0.2, 0.25) is 0 Å². The molecule has 0 aromatic heterocycles. The normalized spacial score (nSPS) is 27.0. The topological polar surface area (TPSA) is 38.5 Å². The molecule has 96 valence electrons. The monoisotopic (exact) mass is 228 g/mol. The van der Waals surface area contributed by atoms with Gasteiger partial charge >= 0.3 is 0 Å². The molecule has 16 heavy (non-hydrogen) atoms. The predicted molar refractivity (Wildman–Crippen MR) is 68.6 cm³/mol. The Kier molecular flexibility index (Phi) is 4.38. The van der Waals surface area contributed by atoms with Gasteiger partial charge in [-0.3, -0.25) is 4.90 Å². The van der Waals surface area contributed by atoms with Crippen LogP contribution in [-0.2, 0) is 4.74 Å². The molecule has 0 aromatic carbocycles. The molecular weight excluding hydrogens is 200 g/mol. The molecule has 0 radical (unpaired) electrons. The van der Waals surface area contributed by atoms with E-state index in [1.807, 2.05) is 0 Å². The number of hydrogen-bond donors (Lipinski definition) is 1. The van der Waals surface area contributed by atoms with Crippen LogP contribution in [-0.4, -0.2) is 41.8 Å². The van der Waals surface area contributed by atoms with Gasteiger partial charge < -0.3 is 10.5 Å². The Balaban J connectivity index is 2.60. The second kappa shape index (κ2) is 5.03. The van der Waals surface area contributed by atoms with Crippen LogP contribution in [0.15, 0.2) is 0 Å². The van der Waals surface area contributed by atoms with Crippen molar-refractivity contribution in [3.05, 3.63) is 0 Å². The Morgan fingerprint density at radius 2 is 1.94 bits per heavy atom. The van der Waals surface area contributed by atoms with E-state index in [1.54, 1.807) is 0 Å². The van der Waals surface area contributed by atoms with Crippen molar-refractivity contribution in [1.82, 2.24) is 4.90 Å². The van der Waals surface area contributed by atoms with Crippen molar-refractivity contribution in [2.24, 2.45) is 5.73 Å². The predicted octanol–water partition coefficient (Wildman–Crippen LogP) is 2.00. The minimum absolute atomic E-state index is 0.0346. The van der Waals surface area contributed by atoms with Crippen molar-refractivity contribution >= 4 is 0 Å². The third-order valence-corrected chi connectivity index (χ3v) is 3.59. The van der Waals surface area contributed by atoms with Crippen LogP contribution in [0.25, 0.3) is 0 Å². The highest BCUT2D eigenvalue weighted by molar-refractivity contribution is 4.90. The molecule has 1 unspecified atom stereocenters. The summed E-state index contributed by atoms with van der Waals surface area (Å²) in [5.41, 5.74) is 6.30. The van der Waals surface area contributed by atoms with Crippen molar-refractivity contribution in [2.45, 2.75) is 64.7 Å². The first-order chi connectivity index (χ1) is 7.30. The molecular formula is C13H28N2O. The summed E-state index contributed by atoms with van der Waals surface area (Å²) >= 11 is 0. The Labute approximate surface area is 100 Å². The van der Waals surface area contributed by atoms with Gasteiger partial charge in [-0.05, 0) is 33.6 Å². The lowest BCUT2D eigenvalue weighted by molar-refractivity contribution is -0.132. The van der Waals surface area contributed by atoms with Crippen LogP contribution in [0.4, 0.5) is 0 Å². The molecule has 1 fully saturated rings. The minimum atomic E-state index is -0.0416. The van der Waals surface area contributed by atoms with Crippen molar-refractivity contribution in [3.8, 4) is 0 Å². The number of rotatable bonds is 4. The van der Waals surface area contributed by atoms with Crippen molar-refractivity contribution < 1.29 is 4.74 Å². The number of nitrogens with zero attached hydrogens (tertiary/aromatic N) is 1. The molecule has 1 heterocycles. The van der Waals surface area contributed by atoms with Gasteiger partial charge in [0.2, 0.25) is 0 Å². The fourth-order valence-electron chi connectivity index (χ4n) is 2.63. The molecule has 1 rings (SSSR count). The average Bonchev–Trinajstić information content (AvgIpc) is 2.14. The van der Waals surface area contributed by atoms with E-state index in [0.29, 0.717) is 6.10 Å². The summed E-state index contributed by atoms with van der Waals surface area (Å²) < 4.78 is 5.90. The molecule has 0 amide bonds. The van der Waals surface area contributed by atoms with Gasteiger partial charge in [0.15, 0.2) is 0 Å². The van der Waals surface area contributed by atoms with Crippen LogP contribution < -0.4 is 5.73 Å². The van der Waals surface area contributed by atoms with Gasteiger partial charge in [-0.25, -0.2) is 0 Å². The fourth-order valence-corrected chi connectivity index (χ4v) is 2.63. The minimum Gasteiger partial charge on any atom is -0.370 e. The Hall–Kier alpha value is -0.120. The summed E-state index contributed by atoms with van der Waals surface area (Å²) in [4.78, 5) is 2.46. The lowest BCUT2D eigenvalue weighted by Crippen LogP contribution is -2.58. The fraction of sp³-hybridized carbons (Fsp3) is 1.00. The summed E-state index contributed by atoms with van der Waals surface area (Å²) in [5, 5.41) is 0. The zero-order valence-corrected chi connectivity index (χ0v) is 11.5. The molecule has 0 aromatic rings. The van der Waals surface area contributed by atoms with Gasteiger partial charge in [-0.2, -0.15) is 0 Å². The summed E-state index contributed by atoms with van der Waals surface area (Å²) in [7, 11) is 0. The second-order valence-corrected chi connectivity index (χ2v) is 5.93. The van der Waals surface area contributed by atoms with E-state index in [9.17, 15) is 0 Å². The molecule has 1 atom stereocenters. The summed E-state index contributed by atoms with van der Waals surface area (Å²) in [6, 6.07) is 0. The Morgan fingerprint density at radius 3 is 2.38 bits per heavy atom. The quantitative estimate of drug-likeness (QED) is 0.800. The summed E-state index contributed by atoms with van der Waals surface area (Å²) in [6.07, 6.45) is 2.38. The molecule has 0 saturated carbocycles. The SMILES string of the molecule is CCC(N)(CC)CN1CC(C)OC(C)(C)C1. The molecule has 0 spiro atoms. The second-order valence-electron chi connectivity index (χ2n) is 5.93. The van der Waals surface area contributed by atoms with Crippen molar-refractivity contribution in [3.63, 3.8) is 0 Å². The lowest BCUT2D eigenvalue weighted by atomic mass is 9.92. The standard InChI is InChI=1S/C13H28N2O/c1-6-13(14,7-2)10-15-8-11(3)16-12(4,5)9-15/h11H,6-10,14H2,1-5H3. The van der Waals surface area contributed by atoms with Gasteiger partial charge in [0.1, 0.15) is 0 Å². The maximum absolute atomic E-state index is 6.38. The first kappa shape index (κ1) is 13.9. The molecule has 1 aliphatic rings. The molecule has 3 nitrogen and oxygen atoms in total. The molecule has 0 aliphatic carbocycles. The lowest BCUT2D eigenvalue weighted by Gasteiger charge is -2.44. The molecule has 2 N–H and O–H groups in total. The Bertz CT molecular complexity index is 224. The number of nitrogens with two attached hydrogens (primary N) is 1. The van der Waals surface area contributed by atoms with Crippen molar-refractivity contribution in [2.75, 3.05) is 19.6 Å². The average molecular weight is 228 g/mol. The highest BCUT2D eigenvalue weighted by Crippen LogP contribution is 2.23. The summed E-state index contributed by atoms with van der Waals surface area (Å²) in [6.45, 7) is 13.8. The Morgan fingerprint density at radius 1 is 1.38 bits per heavy atom. The largest absolute Gasteiger partial charge is 0.370 e. The first-order valence-electron chi connectivity index (χ1n) is 6.49. The van der Waals surface area contributed by atoms with Crippen molar-refractivity contribution in [1.29, 1.82) is 0 Å². The van der Waals surface area contributed by atoms with E-state index in [-0.39, 0.29) is 11.1 Å². The zero-order chi connectivity index (χ0) is 12.4. The van der Waals surface area contributed by atoms with Gasteiger partial charge in [0, 0.05) is 25.2 Å². The number of hydrogen-bond acceptors (Lipinski definition) is 3. The van der Waals surface area contributed by atoms with Crippen LogP contribution in [0, 0.1) is 0 Å². The van der Waals surface area contributed by atoms with E-state index in [1.165, 1.54) is 0 Å². The molecule has 1 saturated heterocycles. The van der Waals surface area contributed by atoms with Crippen LogP contribution in [0.3, 0.4) is 0 Å². The van der Waals surface area contributed by atoms with E-state index < -0.39 is 0 Å². The molecule has 3 heteroatoms. The van der Waals surface area contributed by atoms with Crippen LogP contribution in [0.1, 0.15) is 47.5 Å². The number of ether oxygens (including phenoxy) is 1. The summed E-state index contributed by atoms with van der Waals surface area (Å²) in [5.74, 6) is 0. The van der Waals surface area contributed by atoms with E-state index in [2.05, 4.69) is 39.5 Å². The van der Waals surface area contributed by atoms with Gasteiger partial charge in [-0.1, -0.05) is 13.8 Å².